The summed E-state index contributed by atoms with van der Waals surface area (Å²) in [7, 11) is 0. The van der Waals surface area contributed by atoms with Crippen LogP contribution in [0.25, 0.3) is 16.6 Å². The highest BCUT2D eigenvalue weighted by Gasteiger charge is 2.17. The fourth-order valence-electron chi connectivity index (χ4n) is 3.33. The van der Waals surface area contributed by atoms with Gasteiger partial charge in [-0.15, -0.1) is 0 Å². The lowest BCUT2D eigenvalue weighted by molar-refractivity contribution is 0.0858. The van der Waals surface area contributed by atoms with Crippen LogP contribution in [0.4, 0.5) is 4.39 Å². The van der Waals surface area contributed by atoms with Crippen molar-refractivity contribution in [1.82, 2.24) is 14.9 Å². The molecule has 0 unspecified atom stereocenters. The summed E-state index contributed by atoms with van der Waals surface area (Å²) < 4.78 is 20.3. The lowest BCUT2D eigenvalue weighted by Crippen LogP contribution is -2.31. The Morgan fingerprint density at radius 1 is 1.34 bits per heavy atom. The third kappa shape index (κ3) is 3.96. The number of hydrogen-bond acceptors (Lipinski definition) is 4. The van der Waals surface area contributed by atoms with Crippen LogP contribution in [-0.4, -0.2) is 34.7 Å². The van der Waals surface area contributed by atoms with Crippen molar-refractivity contribution in [3.05, 3.63) is 67.9 Å². The molecule has 1 aliphatic heterocycles. The Morgan fingerprint density at radius 2 is 2.17 bits per heavy atom. The number of ether oxygens (including phenoxy) is 1. The summed E-state index contributed by atoms with van der Waals surface area (Å²) in [5.74, 6) is -0.839. The number of amides is 1. The van der Waals surface area contributed by atoms with Crippen LogP contribution in [-0.2, 0) is 4.74 Å². The normalized spacial score (nSPS) is 16.3. The van der Waals surface area contributed by atoms with Crippen molar-refractivity contribution in [1.29, 1.82) is 0 Å². The minimum Gasteiger partial charge on any atom is -0.376 e. The van der Waals surface area contributed by atoms with Crippen LogP contribution >= 0.6 is 23.8 Å². The van der Waals surface area contributed by atoms with Crippen LogP contribution < -0.4 is 10.9 Å². The molecule has 4 rings (SSSR count). The first-order valence-electron chi connectivity index (χ1n) is 9.08. The lowest BCUT2D eigenvalue weighted by Gasteiger charge is -2.12. The average Bonchev–Trinajstić information content (AvgIpc) is 3.22. The van der Waals surface area contributed by atoms with Crippen LogP contribution in [0.5, 0.6) is 0 Å². The summed E-state index contributed by atoms with van der Waals surface area (Å²) in [6.07, 6.45) is 1.97. The van der Waals surface area contributed by atoms with Gasteiger partial charge in [-0.25, -0.2) is 4.39 Å². The molecule has 1 fully saturated rings. The molecule has 3 aromatic rings. The minimum atomic E-state index is -0.585. The Kier molecular flexibility index (Phi) is 5.49. The van der Waals surface area contributed by atoms with E-state index in [0.717, 1.165) is 19.4 Å². The topological polar surface area (TPSA) is 76.1 Å². The molecule has 0 spiro atoms. The summed E-state index contributed by atoms with van der Waals surface area (Å²) >= 11 is 11.1. The second-order valence-electron chi connectivity index (χ2n) is 6.77. The number of halogens is 2. The number of nitrogens with zero attached hydrogens (tertiary/aromatic N) is 1. The van der Waals surface area contributed by atoms with E-state index in [2.05, 4.69) is 10.3 Å². The third-order valence-corrected chi connectivity index (χ3v) is 5.41. The molecule has 6 nitrogen and oxygen atoms in total. The van der Waals surface area contributed by atoms with E-state index in [1.165, 1.54) is 22.8 Å². The number of carbonyl (C=O) groups is 1. The zero-order valence-electron chi connectivity index (χ0n) is 15.2. The van der Waals surface area contributed by atoms with Crippen molar-refractivity contribution in [3.8, 4) is 5.69 Å². The molecule has 1 aromatic heterocycles. The van der Waals surface area contributed by atoms with E-state index in [9.17, 15) is 14.0 Å². The van der Waals surface area contributed by atoms with Gasteiger partial charge >= 0.3 is 0 Å². The number of H-pyrrole nitrogens is 1. The first-order valence-corrected chi connectivity index (χ1v) is 9.87. The van der Waals surface area contributed by atoms with E-state index in [1.54, 1.807) is 18.2 Å². The van der Waals surface area contributed by atoms with Gasteiger partial charge in [0.05, 0.1) is 27.7 Å². The molecule has 2 heterocycles. The number of carbonyl (C=O) groups excluding carboxylic acids is 1. The van der Waals surface area contributed by atoms with Gasteiger partial charge in [-0.05, 0) is 61.5 Å². The van der Waals surface area contributed by atoms with Crippen LogP contribution in [0, 0.1) is 10.6 Å². The zero-order chi connectivity index (χ0) is 20.5. The van der Waals surface area contributed by atoms with Crippen LogP contribution in [0.2, 0.25) is 5.02 Å². The van der Waals surface area contributed by atoms with Gasteiger partial charge < -0.3 is 15.0 Å². The van der Waals surface area contributed by atoms with E-state index < -0.39 is 11.4 Å². The van der Waals surface area contributed by atoms with Crippen molar-refractivity contribution in [2.75, 3.05) is 13.2 Å². The second kappa shape index (κ2) is 8.06. The third-order valence-electron chi connectivity index (χ3n) is 4.84. The van der Waals surface area contributed by atoms with Crippen molar-refractivity contribution >= 4 is 40.6 Å². The van der Waals surface area contributed by atoms with Crippen LogP contribution in [0.1, 0.15) is 23.2 Å². The van der Waals surface area contributed by atoms with E-state index in [-0.39, 0.29) is 21.8 Å². The lowest BCUT2D eigenvalue weighted by atomic mass is 10.1. The molecule has 2 aromatic carbocycles. The highest BCUT2D eigenvalue weighted by Crippen LogP contribution is 2.19. The van der Waals surface area contributed by atoms with E-state index in [0.29, 0.717) is 28.7 Å². The van der Waals surface area contributed by atoms with Gasteiger partial charge in [0, 0.05) is 18.7 Å². The molecule has 0 bridgehead atoms. The standard InChI is InChI=1S/C20H17ClFN3O3S/c21-15-9-12(4-6-16(15)22)25-19(27)14-5-3-11(8-17(14)24-20(25)29)18(26)23-10-13-2-1-7-28-13/h3-6,8-9,13H,1-2,7,10H2,(H,23,26)(H,24,29)/t13-/m1/s1. The van der Waals surface area contributed by atoms with Crippen molar-refractivity contribution in [3.63, 3.8) is 0 Å². The number of aromatic nitrogens is 2. The zero-order valence-corrected chi connectivity index (χ0v) is 16.8. The van der Waals surface area contributed by atoms with Gasteiger partial charge in [0.1, 0.15) is 5.82 Å². The van der Waals surface area contributed by atoms with Gasteiger partial charge in [0.15, 0.2) is 4.77 Å². The SMILES string of the molecule is O=C(NC[C@H]1CCCO1)c1ccc2c(=O)n(-c3ccc(F)c(Cl)c3)c(=S)[nH]c2c1. The van der Waals surface area contributed by atoms with E-state index >= 15 is 0 Å². The van der Waals surface area contributed by atoms with Gasteiger partial charge in [0.2, 0.25) is 0 Å². The molecular formula is C20H17ClFN3O3S. The number of benzene rings is 2. The number of rotatable bonds is 4. The number of nitrogens with one attached hydrogen (secondary N) is 2. The molecule has 0 radical (unpaired) electrons. The molecule has 0 aliphatic carbocycles. The van der Waals surface area contributed by atoms with Gasteiger partial charge in [-0.1, -0.05) is 11.6 Å². The summed E-state index contributed by atoms with van der Waals surface area (Å²) in [5.41, 5.74) is 0.804. The van der Waals surface area contributed by atoms with Crippen LogP contribution in [0.15, 0.2) is 41.2 Å². The Morgan fingerprint density at radius 3 is 2.90 bits per heavy atom. The van der Waals surface area contributed by atoms with Gasteiger partial charge in [-0.2, -0.15) is 0 Å². The maximum absolute atomic E-state index is 13.5. The van der Waals surface area contributed by atoms with Crippen molar-refractivity contribution in [2.24, 2.45) is 0 Å². The number of aromatic amines is 1. The van der Waals surface area contributed by atoms with E-state index in [1.807, 2.05) is 0 Å². The smallest absolute Gasteiger partial charge is 0.266 e. The second-order valence-corrected chi connectivity index (χ2v) is 7.57. The monoisotopic (exact) mass is 433 g/mol. The molecule has 9 heteroatoms. The molecule has 2 N–H and O–H groups in total. The molecule has 1 amide bonds. The van der Waals surface area contributed by atoms with Crippen molar-refractivity contribution < 1.29 is 13.9 Å². The summed E-state index contributed by atoms with van der Waals surface area (Å²) in [6, 6.07) is 8.65. The summed E-state index contributed by atoms with van der Waals surface area (Å²) in [5, 5.41) is 3.08. The molecular weight excluding hydrogens is 417 g/mol. The predicted octanol–water partition coefficient (Wildman–Crippen LogP) is 3.75. The fraction of sp³-hybridized carbons (Fsp3) is 0.250. The predicted molar refractivity (Wildman–Crippen MR) is 111 cm³/mol. The average molecular weight is 434 g/mol. The molecule has 0 saturated carbocycles. The number of fused-ring (bicyclic) bond motifs is 1. The molecule has 1 aliphatic rings. The van der Waals surface area contributed by atoms with E-state index in [4.69, 9.17) is 28.6 Å². The highest BCUT2D eigenvalue weighted by atomic mass is 35.5. The van der Waals surface area contributed by atoms with Crippen molar-refractivity contribution in [2.45, 2.75) is 18.9 Å². The van der Waals surface area contributed by atoms with Gasteiger partial charge in [0.25, 0.3) is 11.5 Å². The largest absolute Gasteiger partial charge is 0.376 e. The first-order chi connectivity index (χ1) is 13.9. The Bertz CT molecular complexity index is 1220. The molecule has 1 saturated heterocycles. The molecule has 29 heavy (non-hydrogen) atoms. The fourth-order valence-corrected chi connectivity index (χ4v) is 3.80. The Labute approximate surface area is 175 Å². The summed E-state index contributed by atoms with van der Waals surface area (Å²) in [4.78, 5) is 28.3. The quantitative estimate of drug-likeness (QED) is 0.614. The maximum atomic E-state index is 13.5. The molecule has 1 atom stereocenters. The maximum Gasteiger partial charge on any atom is 0.266 e. The van der Waals surface area contributed by atoms with Crippen LogP contribution in [0.3, 0.4) is 0 Å². The number of hydrogen-bond donors (Lipinski definition) is 2. The minimum absolute atomic E-state index is 0.0416. The first kappa shape index (κ1) is 19.8. The highest BCUT2D eigenvalue weighted by molar-refractivity contribution is 7.71. The Hall–Kier alpha value is -2.55. The van der Waals surface area contributed by atoms with Gasteiger partial charge in [-0.3, -0.25) is 14.2 Å². The molecule has 150 valence electrons. The summed E-state index contributed by atoms with van der Waals surface area (Å²) in [6.45, 7) is 1.17. The Balaban J connectivity index is 1.68.